The summed E-state index contributed by atoms with van der Waals surface area (Å²) in [5, 5.41) is 14.9. The van der Waals surface area contributed by atoms with Crippen molar-refractivity contribution in [3.63, 3.8) is 0 Å². The molecule has 0 aliphatic rings. The zero-order chi connectivity index (χ0) is 17.5. The molecule has 3 rings (SSSR count). The molecule has 25 heavy (non-hydrogen) atoms. The molecule has 8 nitrogen and oxygen atoms in total. The second-order valence-electron chi connectivity index (χ2n) is 5.55. The smallest absolute Gasteiger partial charge is 0.191 e. The predicted octanol–water partition coefficient (Wildman–Crippen LogP) is 0.925. The van der Waals surface area contributed by atoms with Crippen LogP contribution in [0.15, 0.2) is 54.0 Å². The average molecular weight is 338 g/mol. The normalized spacial score (nSPS) is 11.5. The maximum absolute atomic E-state index is 4.28. The van der Waals surface area contributed by atoms with Gasteiger partial charge in [-0.05, 0) is 17.2 Å². The summed E-state index contributed by atoms with van der Waals surface area (Å²) in [4.78, 5) is 8.45. The van der Waals surface area contributed by atoms with E-state index in [4.69, 9.17) is 0 Å². The second kappa shape index (κ2) is 8.09. The summed E-state index contributed by atoms with van der Waals surface area (Å²) in [5.74, 6) is 1.57. The molecule has 2 heterocycles. The van der Waals surface area contributed by atoms with Gasteiger partial charge in [0, 0.05) is 33.0 Å². The first-order chi connectivity index (χ1) is 12.3. The van der Waals surface area contributed by atoms with Crippen LogP contribution in [0.3, 0.4) is 0 Å². The summed E-state index contributed by atoms with van der Waals surface area (Å²) in [6.45, 7) is 1.98. The van der Waals surface area contributed by atoms with E-state index < -0.39 is 0 Å². The number of rotatable bonds is 6. The molecule has 0 saturated heterocycles. The van der Waals surface area contributed by atoms with Gasteiger partial charge in [0.05, 0.1) is 13.1 Å². The Bertz CT molecular complexity index is 819. The van der Waals surface area contributed by atoms with Gasteiger partial charge in [-0.25, -0.2) is 4.98 Å². The van der Waals surface area contributed by atoms with Gasteiger partial charge in [-0.1, -0.05) is 24.3 Å². The van der Waals surface area contributed by atoms with Crippen molar-refractivity contribution in [1.29, 1.82) is 0 Å². The molecule has 130 valence electrons. The number of guanidine groups is 1. The zero-order valence-electron chi connectivity index (χ0n) is 14.4. The fourth-order valence-electron chi connectivity index (χ4n) is 2.50. The van der Waals surface area contributed by atoms with Crippen LogP contribution >= 0.6 is 0 Å². The average Bonchev–Trinajstić information content (AvgIpc) is 3.28. The summed E-state index contributed by atoms with van der Waals surface area (Å²) in [6, 6.07) is 10.2. The second-order valence-corrected chi connectivity index (χ2v) is 5.55. The Balaban J connectivity index is 1.59. The van der Waals surface area contributed by atoms with Gasteiger partial charge in [0.1, 0.15) is 12.2 Å². The molecule has 0 unspecified atom stereocenters. The molecule has 3 aromatic rings. The molecular formula is C17H22N8. The highest BCUT2D eigenvalue weighted by Gasteiger charge is 2.06. The molecule has 0 aliphatic carbocycles. The van der Waals surface area contributed by atoms with Gasteiger partial charge < -0.3 is 10.6 Å². The third-order valence-corrected chi connectivity index (χ3v) is 3.90. The third-order valence-electron chi connectivity index (χ3n) is 3.90. The molecule has 0 spiro atoms. The first-order valence-electron chi connectivity index (χ1n) is 8.08. The van der Waals surface area contributed by atoms with Crippen LogP contribution in [0, 0.1) is 0 Å². The number of aliphatic imine (C=N–C) groups is 1. The standard InChI is InChI=1S/C17H22N8/c1-18-17(20-11-16-21-13-23-24(16)2)19-10-14-6-3-4-7-15(14)12-25-9-5-8-22-25/h3-9,13H,10-12H2,1-2H3,(H2,18,19,20). The first kappa shape index (κ1) is 16.7. The van der Waals surface area contributed by atoms with Crippen LogP contribution in [-0.2, 0) is 26.7 Å². The molecule has 0 bridgehead atoms. The van der Waals surface area contributed by atoms with Crippen molar-refractivity contribution in [2.75, 3.05) is 7.05 Å². The fraction of sp³-hybridized carbons (Fsp3) is 0.294. The minimum absolute atomic E-state index is 0.561. The Kier molecular flexibility index (Phi) is 5.40. The van der Waals surface area contributed by atoms with E-state index in [1.165, 1.54) is 11.1 Å². The van der Waals surface area contributed by atoms with Crippen LogP contribution in [0.1, 0.15) is 17.0 Å². The van der Waals surface area contributed by atoms with Crippen molar-refractivity contribution < 1.29 is 0 Å². The van der Waals surface area contributed by atoms with E-state index in [0.29, 0.717) is 13.1 Å². The molecule has 2 aromatic heterocycles. The predicted molar refractivity (Wildman–Crippen MR) is 95.8 cm³/mol. The van der Waals surface area contributed by atoms with E-state index in [1.807, 2.05) is 36.1 Å². The summed E-state index contributed by atoms with van der Waals surface area (Å²) >= 11 is 0. The topological polar surface area (TPSA) is 84.9 Å². The van der Waals surface area contributed by atoms with Crippen LogP contribution < -0.4 is 10.6 Å². The lowest BCUT2D eigenvalue weighted by molar-refractivity contribution is 0.667. The van der Waals surface area contributed by atoms with Crippen molar-refractivity contribution in [3.05, 3.63) is 66.0 Å². The zero-order valence-corrected chi connectivity index (χ0v) is 14.4. The Labute approximate surface area is 146 Å². The molecule has 0 fully saturated rings. The van der Waals surface area contributed by atoms with Crippen molar-refractivity contribution in [1.82, 2.24) is 35.2 Å². The van der Waals surface area contributed by atoms with Crippen molar-refractivity contribution in [2.45, 2.75) is 19.6 Å². The number of aromatic nitrogens is 5. The van der Waals surface area contributed by atoms with E-state index in [-0.39, 0.29) is 0 Å². The maximum atomic E-state index is 4.28. The Morgan fingerprint density at radius 3 is 2.56 bits per heavy atom. The van der Waals surface area contributed by atoms with E-state index in [2.05, 4.69) is 42.9 Å². The van der Waals surface area contributed by atoms with Crippen molar-refractivity contribution >= 4 is 5.96 Å². The van der Waals surface area contributed by atoms with Crippen molar-refractivity contribution in [3.8, 4) is 0 Å². The summed E-state index contributed by atoms with van der Waals surface area (Å²) < 4.78 is 3.65. The lowest BCUT2D eigenvalue weighted by Crippen LogP contribution is -2.37. The van der Waals surface area contributed by atoms with Crippen LogP contribution in [0.25, 0.3) is 0 Å². The highest BCUT2D eigenvalue weighted by Crippen LogP contribution is 2.10. The number of hydrogen-bond donors (Lipinski definition) is 2. The molecule has 0 radical (unpaired) electrons. The Morgan fingerprint density at radius 2 is 1.88 bits per heavy atom. The fourth-order valence-corrected chi connectivity index (χ4v) is 2.50. The first-order valence-corrected chi connectivity index (χ1v) is 8.08. The van der Waals surface area contributed by atoms with Crippen LogP contribution in [-0.4, -0.2) is 37.6 Å². The molecule has 1 aromatic carbocycles. The number of hydrogen-bond acceptors (Lipinski definition) is 4. The minimum Gasteiger partial charge on any atom is -0.352 e. The van der Waals surface area contributed by atoms with Crippen LogP contribution in [0.5, 0.6) is 0 Å². The molecule has 0 amide bonds. The lowest BCUT2D eigenvalue weighted by atomic mass is 10.1. The highest BCUT2D eigenvalue weighted by atomic mass is 15.3. The Hall–Kier alpha value is -3.16. The Morgan fingerprint density at radius 1 is 1.08 bits per heavy atom. The molecule has 0 atom stereocenters. The number of nitrogens with zero attached hydrogens (tertiary/aromatic N) is 6. The van der Waals surface area contributed by atoms with Gasteiger partial charge in [-0.15, -0.1) is 0 Å². The van der Waals surface area contributed by atoms with E-state index in [9.17, 15) is 0 Å². The third kappa shape index (κ3) is 4.43. The largest absolute Gasteiger partial charge is 0.352 e. The van der Waals surface area contributed by atoms with Crippen LogP contribution in [0.2, 0.25) is 0 Å². The van der Waals surface area contributed by atoms with Crippen molar-refractivity contribution in [2.24, 2.45) is 12.0 Å². The number of nitrogens with one attached hydrogen (secondary N) is 2. The van der Waals surface area contributed by atoms with Gasteiger partial charge in [0.15, 0.2) is 5.96 Å². The monoisotopic (exact) mass is 338 g/mol. The number of aryl methyl sites for hydroxylation is 1. The van der Waals surface area contributed by atoms with E-state index in [1.54, 1.807) is 24.3 Å². The van der Waals surface area contributed by atoms with Gasteiger partial charge >= 0.3 is 0 Å². The van der Waals surface area contributed by atoms with E-state index >= 15 is 0 Å². The maximum Gasteiger partial charge on any atom is 0.191 e. The lowest BCUT2D eigenvalue weighted by Gasteiger charge is -2.14. The summed E-state index contributed by atoms with van der Waals surface area (Å²) in [7, 11) is 3.62. The van der Waals surface area contributed by atoms with Gasteiger partial charge in [-0.2, -0.15) is 10.2 Å². The molecule has 0 saturated carbocycles. The molecular weight excluding hydrogens is 316 g/mol. The molecule has 2 N–H and O–H groups in total. The molecule has 8 heteroatoms. The minimum atomic E-state index is 0.561. The summed E-state index contributed by atoms with van der Waals surface area (Å²) in [6.07, 6.45) is 5.30. The SMILES string of the molecule is CN=C(NCc1ccccc1Cn1cccn1)NCc1ncnn1C. The quantitative estimate of drug-likeness (QED) is 0.516. The van der Waals surface area contributed by atoms with E-state index in [0.717, 1.165) is 18.3 Å². The summed E-state index contributed by atoms with van der Waals surface area (Å²) in [5.41, 5.74) is 2.43. The highest BCUT2D eigenvalue weighted by molar-refractivity contribution is 5.79. The van der Waals surface area contributed by atoms with Gasteiger partial charge in [-0.3, -0.25) is 14.4 Å². The molecule has 0 aliphatic heterocycles. The van der Waals surface area contributed by atoms with Gasteiger partial charge in [0.25, 0.3) is 0 Å². The van der Waals surface area contributed by atoms with Gasteiger partial charge in [0.2, 0.25) is 0 Å². The number of benzene rings is 1. The van der Waals surface area contributed by atoms with Crippen LogP contribution in [0.4, 0.5) is 0 Å².